The van der Waals surface area contributed by atoms with Gasteiger partial charge >= 0.3 is 5.97 Å². The van der Waals surface area contributed by atoms with Crippen molar-refractivity contribution in [2.45, 2.75) is 79.9 Å². The predicted molar refractivity (Wildman–Crippen MR) is 123 cm³/mol. The monoisotopic (exact) mass is 416 g/mol. The highest BCUT2D eigenvalue weighted by Gasteiger charge is 2.41. The number of allylic oxidation sites excluding steroid dienone is 5. The lowest BCUT2D eigenvalue weighted by molar-refractivity contribution is -0.142. The van der Waals surface area contributed by atoms with E-state index in [1.165, 1.54) is 26.2 Å². The van der Waals surface area contributed by atoms with Crippen LogP contribution in [0.15, 0.2) is 47.6 Å². The smallest absolute Gasteiger partial charge is 0.313 e. The highest BCUT2D eigenvalue weighted by atomic mass is 16.6. The van der Waals surface area contributed by atoms with Crippen LogP contribution in [-0.4, -0.2) is 29.1 Å². The number of aliphatic hydroxyl groups is 1. The summed E-state index contributed by atoms with van der Waals surface area (Å²) < 4.78 is 5.66. The number of carbonyl (C=O) groups is 2. The van der Waals surface area contributed by atoms with E-state index in [1.807, 2.05) is 26.8 Å². The van der Waals surface area contributed by atoms with Gasteiger partial charge in [0.1, 0.15) is 11.9 Å². The Labute approximate surface area is 182 Å². The predicted octanol–water partition coefficient (Wildman–Crippen LogP) is 5.58. The standard InChI is InChI=1S/C26H40O4/c1-8-9-11-17(2)12-10-13-19(4)25-21(6)23(26(29)30-25)16-18(3)14-15-24(28)20(5)22(7)27/h10,12-17,20-21,23-25,28H,8-9,11H2,1-7H3/b12-10+,15-14+,18-16+,19-13+/t17?,20?,21-,23-,24?,25+/m1/s1. The van der Waals surface area contributed by atoms with Crippen molar-refractivity contribution in [2.24, 2.45) is 23.7 Å². The van der Waals surface area contributed by atoms with Crippen molar-refractivity contribution in [1.29, 1.82) is 0 Å². The molecule has 0 aliphatic carbocycles. The molecule has 1 aliphatic heterocycles. The summed E-state index contributed by atoms with van der Waals surface area (Å²) in [5.74, 6) is -0.461. The van der Waals surface area contributed by atoms with Crippen molar-refractivity contribution in [3.05, 3.63) is 47.6 Å². The molecule has 1 aliphatic rings. The van der Waals surface area contributed by atoms with Crippen LogP contribution in [0.5, 0.6) is 0 Å². The third kappa shape index (κ3) is 8.06. The Morgan fingerprint density at radius 1 is 1.20 bits per heavy atom. The molecular formula is C26H40O4. The van der Waals surface area contributed by atoms with E-state index in [2.05, 4.69) is 32.1 Å². The first-order valence-electron chi connectivity index (χ1n) is 11.2. The maximum absolute atomic E-state index is 12.4. The van der Waals surface area contributed by atoms with Crippen LogP contribution in [0.25, 0.3) is 0 Å². The van der Waals surface area contributed by atoms with Gasteiger partial charge in [0, 0.05) is 11.8 Å². The number of unbranched alkanes of at least 4 members (excludes halogenated alkanes) is 1. The van der Waals surface area contributed by atoms with E-state index in [0.717, 1.165) is 11.1 Å². The van der Waals surface area contributed by atoms with Crippen LogP contribution in [0, 0.1) is 23.7 Å². The Morgan fingerprint density at radius 3 is 2.47 bits per heavy atom. The van der Waals surface area contributed by atoms with Gasteiger partial charge in [-0.1, -0.05) is 82.6 Å². The molecule has 168 valence electrons. The molecule has 1 fully saturated rings. The second-order valence-corrected chi connectivity index (χ2v) is 8.82. The van der Waals surface area contributed by atoms with E-state index in [0.29, 0.717) is 5.92 Å². The maximum Gasteiger partial charge on any atom is 0.313 e. The first-order chi connectivity index (χ1) is 14.1. The van der Waals surface area contributed by atoms with E-state index in [-0.39, 0.29) is 29.7 Å². The average molecular weight is 417 g/mol. The summed E-state index contributed by atoms with van der Waals surface area (Å²) in [6.45, 7) is 13.5. The average Bonchev–Trinajstić information content (AvgIpc) is 2.97. The highest BCUT2D eigenvalue weighted by molar-refractivity contribution is 5.79. The molecule has 0 aromatic carbocycles. The van der Waals surface area contributed by atoms with E-state index < -0.39 is 12.0 Å². The molecule has 0 bridgehead atoms. The summed E-state index contributed by atoms with van der Waals surface area (Å²) in [6.07, 6.45) is 14.2. The van der Waals surface area contributed by atoms with Gasteiger partial charge in [-0.3, -0.25) is 9.59 Å². The Kier molecular flexibility index (Phi) is 11.0. The zero-order valence-corrected chi connectivity index (χ0v) is 19.7. The van der Waals surface area contributed by atoms with Crippen molar-refractivity contribution in [1.82, 2.24) is 0 Å². The second-order valence-electron chi connectivity index (χ2n) is 8.82. The van der Waals surface area contributed by atoms with Crippen LogP contribution in [0.2, 0.25) is 0 Å². The Bertz CT molecular complexity index is 698. The first-order valence-corrected chi connectivity index (χ1v) is 11.2. The number of rotatable bonds is 11. The third-order valence-corrected chi connectivity index (χ3v) is 5.97. The fourth-order valence-corrected chi connectivity index (χ4v) is 3.55. The molecule has 6 atom stereocenters. The maximum atomic E-state index is 12.4. The number of hydrogen-bond donors (Lipinski definition) is 1. The van der Waals surface area contributed by atoms with E-state index in [4.69, 9.17) is 4.74 Å². The summed E-state index contributed by atoms with van der Waals surface area (Å²) in [6, 6.07) is 0. The molecule has 4 nitrogen and oxygen atoms in total. The SMILES string of the molecule is CCCCC(C)/C=C/C=C(\C)[C@@H]1OC(=O)[C@H](/C=C(C)/C=C/C(O)C(C)C(C)=O)[C@H]1C. The Hall–Kier alpha value is -1.94. The molecule has 0 radical (unpaired) electrons. The molecule has 0 aromatic rings. The molecule has 1 N–H and O–H groups in total. The number of aliphatic hydroxyl groups excluding tert-OH is 1. The summed E-state index contributed by atoms with van der Waals surface area (Å²) in [7, 11) is 0. The zero-order valence-electron chi connectivity index (χ0n) is 19.7. The molecule has 0 spiro atoms. The molecule has 1 heterocycles. The van der Waals surface area contributed by atoms with Gasteiger partial charge in [0.25, 0.3) is 0 Å². The number of esters is 1. The summed E-state index contributed by atoms with van der Waals surface area (Å²) in [5, 5.41) is 10.0. The van der Waals surface area contributed by atoms with Gasteiger partial charge in [-0.2, -0.15) is 0 Å². The molecular weight excluding hydrogens is 376 g/mol. The quantitative estimate of drug-likeness (QED) is 0.353. The van der Waals surface area contributed by atoms with Crippen molar-refractivity contribution in [3.8, 4) is 0 Å². The number of ether oxygens (including phenoxy) is 1. The number of Topliss-reactive ketones (excluding diaryl/α,β-unsaturated/α-hetero) is 1. The fourth-order valence-electron chi connectivity index (χ4n) is 3.55. The van der Waals surface area contributed by atoms with Crippen LogP contribution in [0.1, 0.15) is 67.7 Å². The van der Waals surface area contributed by atoms with Crippen molar-refractivity contribution >= 4 is 11.8 Å². The molecule has 0 amide bonds. The summed E-state index contributed by atoms with van der Waals surface area (Å²) in [5.41, 5.74) is 1.91. The van der Waals surface area contributed by atoms with Crippen LogP contribution >= 0.6 is 0 Å². The topological polar surface area (TPSA) is 63.6 Å². The van der Waals surface area contributed by atoms with Crippen LogP contribution in [0.3, 0.4) is 0 Å². The van der Waals surface area contributed by atoms with Crippen molar-refractivity contribution in [2.75, 3.05) is 0 Å². The molecule has 1 saturated heterocycles. The highest BCUT2D eigenvalue weighted by Crippen LogP contribution is 2.34. The summed E-state index contributed by atoms with van der Waals surface area (Å²) in [4.78, 5) is 23.8. The normalized spacial score (nSPS) is 26.3. The minimum Gasteiger partial charge on any atom is -0.457 e. The Balaban J connectivity index is 2.78. The zero-order chi connectivity index (χ0) is 22.8. The van der Waals surface area contributed by atoms with Crippen LogP contribution < -0.4 is 0 Å². The minimum absolute atomic E-state index is 0.0316. The van der Waals surface area contributed by atoms with Gasteiger partial charge in [0.15, 0.2) is 0 Å². The van der Waals surface area contributed by atoms with Gasteiger partial charge in [0.05, 0.1) is 12.0 Å². The third-order valence-electron chi connectivity index (χ3n) is 5.97. The van der Waals surface area contributed by atoms with Gasteiger partial charge < -0.3 is 9.84 Å². The van der Waals surface area contributed by atoms with Gasteiger partial charge in [-0.15, -0.1) is 0 Å². The lowest BCUT2D eigenvalue weighted by Crippen LogP contribution is -2.21. The van der Waals surface area contributed by atoms with Gasteiger partial charge in [-0.05, 0) is 38.7 Å². The van der Waals surface area contributed by atoms with E-state index >= 15 is 0 Å². The fraction of sp³-hybridized carbons (Fsp3) is 0.615. The van der Waals surface area contributed by atoms with E-state index in [9.17, 15) is 14.7 Å². The summed E-state index contributed by atoms with van der Waals surface area (Å²) >= 11 is 0. The first kappa shape index (κ1) is 26.1. The lowest BCUT2D eigenvalue weighted by atomic mass is 9.87. The number of ketones is 1. The largest absolute Gasteiger partial charge is 0.457 e. The van der Waals surface area contributed by atoms with Gasteiger partial charge in [-0.25, -0.2) is 0 Å². The minimum atomic E-state index is -0.830. The molecule has 4 heteroatoms. The molecule has 3 unspecified atom stereocenters. The van der Waals surface area contributed by atoms with Crippen LogP contribution in [-0.2, 0) is 14.3 Å². The second kappa shape index (κ2) is 12.7. The molecule has 1 rings (SSSR count). The van der Waals surface area contributed by atoms with Crippen molar-refractivity contribution in [3.63, 3.8) is 0 Å². The number of cyclic esters (lactones) is 1. The Morgan fingerprint density at radius 2 is 1.87 bits per heavy atom. The number of hydrogen-bond acceptors (Lipinski definition) is 4. The molecule has 0 saturated carbocycles. The van der Waals surface area contributed by atoms with Crippen molar-refractivity contribution < 1.29 is 19.4 Å². The van der Waals surface area contributed by atoms with Crippen LogP contribution in [0.4, 0.5) is 0 Å². The lowest BCUT2D eigenvalue weighted by Gasteiger charge is -2.16. The molecule has 0 aromatic heterocycles. The number of carbonyl (C=O) groups excluding carboxylic acids is 2. The van der Waals surface area contributed by atoms with E-state index in [1.54, 1.807) is 19.1 Å². The molecule has 30 heavy (non-hydrogen) atoms. The van der Waals surface area contributed by atoms with Gasteiger partial charge in [0.2, 0.25) is 0 Å².